The van der Waals surface area contributed by atoms with E-state index in [1.54, 1.807) is 0 Å². The van der Waals surface area contributed by atoms with Crippen molar-refractivity contribution in [3.8, 4) is 11.3 Å². The number of nitrogens with one attached hydrogen (secondary N) is 2. The standard InChI is InChI=1S/C25H31N5OS.HI/c1-2-26-25(28-18-20-7-5-8-21(17-20)22-9-3-4-11-27-22)29-19-23(24-10-6-16-32-24)30-12-14-31-15-13-30;/h3-11,16-17,23H,2,12-15,18-19H2,1H3,(H2,26,28,29);1H. The number of hydrogen-bond acceptors (Lipinski definition) is 5. The second kappa shape index (κ2) is 13.6. The van der Waals surface area contributed by atoms with Crippen molar-refractivity contribution in [2.75, 3.05) is 39.4 Å². The molecule has 1 aliphatic heterocycles. The van der Waals surface area contributed by atoms with Gasteiger partial charge in [-0.05, 0) is 42.1 Å². The zero-order valence-electron chi connectivity index (χ0n) is 18.9. The highest BCUT2D eigenvalue weighted by molar-refractivity contribution is 14.0. The molecule has 3 heterocycles. The number of benzene rings is 1. The lowest BCUT2D eigenvalue weighted by Gasteiger charge is -2.34. The minimum absolute atomic E-state index is 0. The highest BCUT2D eigenvalue weighted by Crippen LogP contribution is 2.25. The molecule has 4 rings (SSSR count). The number of halogens is 1. The van der Waals surface area contributed by atoms with Crippen molar-refractivity contribution < 1.29 is 4.74 Å². The molecule has 1 unspecified atom stereocenters. The van der Waals surface area contributed by atoms with Crippen molar-refractivity contribution in [1.29, 1.82) is 0 Å². The van der Waals surface area contributed by atoms with Crippen molar-refractivity contribution in [1.82, 2.24) is 20.5 Å². The van der Waals surface area contributed by atoms with Crippen LogP contribution in [0.25, 0.3) is 11.3 Å². The minimum atomic E-state index is 0. The molecule has 1 atom stereocenters. The van der Waals surface area contributed by atoms with Crippen LogP contribution >= 0.6 is 35.3 Å². The number of hydrogen-bond donors (Lipinski definition) is 2. The molecule has 176 valence electrons. The first kappa shape index (κ1) is 25.6. The van der Waals surface area contributed by atoms with E-state index in [2.05, 4.69) is 69.2 Å². The Morgan fingerprint density at radius 2 is 2.00 bits per heavy atom. The fourth-order valence-corrected chi connectivity index (χ4v) is 4.71. The van der Waals surface area contributed by atoms with E-state index in [9.17, 15) is 0 Å². The summed E-state index contributed by atoms with van der Waals surface area (Å²) in [6.45, 7) is 7.83. The van der Waals surface area contributed by atoms with E-state index in [1.165, 1.54) is 4.88 Å². The average Bonchev–Trinajstić information content (AvgIpc) is 3.39. The number of morpholine rings is 1. The lowest BCUT2D eigenvalue weighted by molar-refractivity contribution is 0.0177. The Balaban J connectivity index is 0.00000306. The maximum atomic E-state index is 5.56. The van der Waals surface area contributed by atoms with E-state index in [-0.39, 0.29) is 24.0 Å². The van der Waals surface area contributed by atoms with Gasteiger partial charge in [0.1, 0.15) is 0 Å². The van der Waals surface area contributed by atoms with Crippen molar-refractivity contribution in [3.05, 3.63) is 76.6 Å². The van der Waals surface area contributed by atoms with Gasteiger partial charge in [-0.1, -0.05) is 30.3 Å². The highest BCUT2D eigenvalue weighted by Gasteiger charge is 2.23. The lowest BCUT2D eigenvalue weighted by Crippen LogP contribution is -2.46. The second-order valence-electron chi connectivity index (χ2n) is 7.67. The van der Waals surface area contributed by atoms with Crippen molar-refractivity contribution in [3.63, 3.8) is 0 Å². The lowest BCUT2D eigenvalue weighted by atomic mass is 10.1. The first-order valence-corrected chi connectivity index (χ1v) is 12.1. The summed E-state index contributed by atoms with van der Waals surface area (Å²) in [6.07, 6.45) is 1.83. The maximum absolute atomic E-state index is 5.56. The molecule has 1 aliphatic rings. The first-order chi connectivity index (χ1) is 15.8. The van der Waals surface area contributed by atoms with Crippen LogP contribution < -0.4 is 10.6 Å². The molecule has 0 amide bonds. The van der Waals surface area contributed by atoms with E-state index in [1.807, 2.05) is 35.7 Å². The van der Waals surface area contributed by atoms with Crippen LogP contribution in [0.4, 0.5) is 0 Å². The van der Waals surface area contributed by atoms with Crippen LogP contribution in [0.5, 0.6) is 0 Å². The number of pyridine rings is 1. The Bertz CT molecular complexity index is 977. The van der Waals surface area contributed by atoms with E-state index in [0.29, 0.717) is 12.6 Å². The zero-order chi connectivity index (χ0) is 22.0. The van der Waals surface area contributed by atoms with Crippen molar-refractivity contribution in [2.24, 2.45) is 4.99 Å². The average molecular weight is 578 g/mol. The summed E-state index contributed by atoms with van der Waals surface area (Å²) in [6, 6.07) is 19.1. The Morgan fingerprint density at radius 3 is 2.73 bits per heavy atom. The first-order valence-electron chi connectivity index (χ1n) is 11.2. The molecular formula is C25H32IN5OS. The Morgan fingerprint density at radius 1 is 1.12 bits per heavy atom. The van der Waals surface area contributed by atoms with Gasteiger partial charge in [0, 0.05) is 42.8 Å². The minimum Gasteiger partial charge on any atom is -0.379 e. The van der Waals surface area contributed by atoms with Gasteiger partial charge in [0.25, 0.3) is 0 Å². The molecule has 2 aromatic heterocycles. The van der Waals surface area contributed by atoms with Gasteiger partial charge in [-0.3, -0.25) is 9.88 Å². The molecule has 3 aromatic rings. The normalized spacial score (nSPS) is 15.5. The van der Waals surface area contributed by atoms with Gasteiger partial charge in [0.2, 0.25) is 0 Å². The zero-order valence-corrected chi connectivity index (χ0v) is 22.1. The number of aromatic nitrogens is 1. The third kappa shape index (κ3) is 7.49. The van der Waals surface area contributed by atoms with E-state index < -0.39 is 0 Å². The number of aliphatic imine (C=N–C) groups is 1. The third-order valence-electron chi connectivity index (χ3n) is 5.47. The second-order valence-corrected chi connectivity index (χ2v) is 8.65. The summed E-state index contributed by atoms with van der Waals surface area (Å²) in [4.78, 5) is 13.2. The Kier molecular flexibility index (Phi) is 10.6. The van der Waals surface area contributed by atoms with Gasteiger partial charge in [0.05, 0.1) is 31.5 Å². The summed E-state index contributed by atoms with van der Waals surface area (Å²) in [7, 11) is 0. The van der Waals surface area contributed by atoms with Crippen LogP contribution in [0.1, 0.15) is 23.4 Å². The summed E-state index contributed by atoms with van der Waals surface area (Å²) in [5.74, 6) is 0.838. The monoisotopic (exact) mass is 577 g/mol. The SMILES string of the molecule is CCNC(=NCc1cccc(-c2ccccn2)c1)NCC(c1cccs1)N1CCOCC1.I. The molecule has 33 heavy (non-hydrogen) atoms. The van der Waals surface area contributed by atoms with Gasteiger partial charge in [0.15, 0.2) is 5.96 Å². The van der Waals surface area contributed by atoms with E-state index >= 15 is 0 Å². The van der Waals surface area contributed by atoms with Crippen LogP contribution in [0, 0.1) is 0 Å². The number of rotatable bonds is 8. The predicted octanol–water partition coefficient (Wildman–Crippen LogP) is 4.56. The molecule has 2 N–H and O–H groups in total. The molecular weight excluding hydrogens is 545 g/mol. The fraction of sp³-hybridized carbons (Fsp3) is 0.360. The molecule has 0 aliphatic carbocycles. The topological polar surface area (TPSA) is 61.8 Å². The van der Waals surface area contributed by atoms with Crippen molar-refractivity contribution >= 4 is 41.3 Å². The Labute approximate surface area is 217 Å². The molecule has 8 heteroatoms. The van der Waals surface area contributed by atoms with Gasteiger partial charge < -0.3 is 15.4 Å². The van der Waals surface area contributed by atoms with Gasteiger partial charge in [-0.25, -0.2) is 4.99 Å². The van der Waals surface area contributed by atoms with Crippen LogP contribution in [0.15, 0.2) is 71.2 Å². The largest absolute Gasteiger partial charge is 0.379 e. The number of guanidine groups is 1. The summed E-state index contributed by atoms with van der Waals surface area (Å²) in [5, 5.41) is 9.11. The van der Waals surface area contributed by atoms with Gasteiger partial charge >= 0.3 is 0 Å². The third-order valence-corrected chi connectivity index (χ3v) is 6.45. The highest BCUT2D eigenvalue weighted by atomic mass is 127. The van der Waals surface area contributed by atoms with Crippen LogP contribution in [0.3, 0.4) is 0 Å². The van der Waals surface area contributed by atoms with Gasteiger partial charge in [-0.15, -0.1) is 35.3 Å². The molecule has 6 nitrogen and oxygen atoms in total. The summed E-state index contributed by atoms with van der Waals surface area (Å²) in [5.41, 5.74) is 3.25. The maximum Gasteiger partial charge on any atom is 0.191 e. The predicted molar refractivity (Wildman–Crippen MR) is 147 cm³/mol. The molecule has 1 saturated heterocycles. The van der Waals surface area contributed by atoms with Crippen molar-refractivity contribution in [2.45, 2.75) is 19.5 Å². The number of thiophene rings is 1. The van der Waals surface area contributed by atoms with Crippen LogP contribution in [0.2, 0.25) is 0 Å². The van der Waals surface area contributed by atoms with E-state index in [0.717, 1.165) is 62.2 Å². The molecule has 0 spiro atoms. The van der Waals surface area contributed by atoms with Gasteiger partial charge in [-0.2, -0.15) is 0 Å². The summed E-state index contributed by atoms with van der Waals surface area (Å²) < 4.78 is 5.56. The quantitative estimate of drug-likeness (QED) is 0.234. The molecule has 1 aromatic carbocycles. The fourth-order valence-electron chi connectivity index (χ4n) is 3.85. The molecule has 1 fully saturated rings. The smallest absolute Gasteiger partial charge is 0.191 e. The molecule has 0 radical (unpaired) electrons. The number of ether oxygens (including phenoxy) is 1. The van der Waals surface area contributed by atoms with Crippen LogP contribution in [-0.2, 0) is 11.3 Å². The van der Waals surface area contributed by atoms with Crippen LogP contribution in [-0.4, -0.2) is 55.2 Å². The molecule has 0 saturated carbocycles. The summed E-state index contributed by atoms with van der Waals surface area (Å²) >= 11 is 1.81. The molecule has 0 bridgehead atoms. The van der Waals surface area contributed by atoms with E-state index in [4.69, 9.17) is 9.73 Å². The Hall–Kier alpha value is -2.01. The number of nitrogens with zero attached hydrogens (tertiary/aromatic N) is 3.